The predicted molar refractivity (Wildman–Crippen MR) is 97.7 cm³/mol. The lowest BCUT2D eigenvalue weighted by atomic mass is 10.1. The first kappa shape index (κ1) is 18.2. The minimum atomic E-state index is -0.179. The fourth-order valence-electron chi connectivity index (χ4n) is 3.98. The highest BCUT2D eigenvalue weighted by Crippen LogP contribution is 2.25. The molecular formula is C20H30N2O3. The molecule has 1 aliphatic heterocycles. The largest absolute Gasteiger partial charge is 0.494 e. The van der Waals surface area contributed by atoms with Gasteiger partial charge < -0.3 is 14.7 Å². The van der Waals surface area contributed by atoms with E-state index in [0.29, 0.717) is 19.1 Å². The molecule has 1 saturated heterocycles. The minimum absolute atomic E-state index is 0.179. The van der Waals surface area contributed by atoms with Crippen LogP contribution in [0.4, 0.5) is 0 Å². The molecule has 0 aromatic heterocycles. The summed E-state index contributed by atoms with van der Waals surface area (Å²) in [5, 5.41) is 10.0. The standard InChI is InChI=1S/C20H30N2O3/c1-2-25-17-9-6-16(7-10-17)8-11-20(24)22-14-12-21(13-15-22)18-4-3-5-19(18)23/h6-7,9-10,18-19,23H,2-5,8,11-15H2,1H3/t18-,19+/m1/s1. The molecule has 0 spiro atoms. The van der Waals surface area contributed by atoms with E-state index in [9.17, 15) is 9.90 Å². The van der Waals surface area contributed by atoms with Gasteiger partial charge in [-0.15, -0.1) is 0 Å². The van der Waals surface area contributed by atoms with E-state index in [4.69, 9.17) is 4.74 Å². The molecule has 0 bridgehead atoms. The number of aliphatic hydroxyl groups is 1. The lowest BCUT2D eigenvalue weighted by molar-refractivity contribution is -0.133. The number of amides is 1. The zero-order valence-electron chi connectivity index (χ0n) is 15.2. The van der Waals surface area contributed by atoms with Crippen LogP contribution in [0, 0.1) is 0 Å². The molecule has 3 rings (SSSR count). The van der Waals surface area contributed by atoms with Gasteiger partial charge >= 0.3 is 0 Å². The van der Waals surface area contributed by atoms with Gasteiger partial charge in [0.2, 0.25) is 5.91 Å². The highest BCUT2D eigenvalue weighted by Gasteiger charge is 2.33. The number of hydrogen-bond donors (Lipinski definition) is 1. The van der Waals surface area contributed by atoms with Gasteiger partial charge in [0.25, 0.3) is 0 Å². The monoisotopic (exact) mass is 346 g/mol. The Bertz CT molecular complexity index is 553. The summed E-state index contributed by atoms with van der Waals surface area (Å²) in [6, 6.07) is 8.32. The predicted octanol–water partition coefficient (Wildman–Crippen LogP) is 2.08. The van der Waals surface area contributed by atoms with E-state index in [-0.39, 0.29) is 12.0 Å². The van der Waals surface area contributed by atoms with Crippen LogP contribution in [0.15, 0.2) is 24.3 Å². The maximum Gasteiger partial charge on any atom is 0.222 e. The first-order valence-electron chi connectivity index (χ1n) is 9.59. The molecule has 5 nitrogen and oxygen atoms in total. The Kier molecular flexibility index (Phi) is 6.32. The van der Waals surface area contributed by atoms with Gasteiger partial charge in [0.05, 0.1) is 12.7 Å². The van der Waals surface area contributed by atoms with Gasteiger partial charge in [-0.3, -0.25) is 9.69 Å². The number of aliphatic hydroxyl groups excluding tert-OH is 1. The van der Waals surface area contributed by atoms with E-state index in [2.05, 4.69) is 4.90 Å². The fraction of sp³-hybridized carbons (Fsp3) is 0.650. The highest BCUT2D eigenvalue weighted by molar-refractivity contribution is 5.76. The summed E-state index contributed by atoms with van der Waals surface area (Å²) in [6.45, 7) is 5.98. The maximum absolute atomic E-state index is 12.5. The van der Waals surface area contributed by atoms with Crippen molar-refractivity contribution in [2.75, 3.05) is 32.8 Å². The van der Waals surface area contributed by atoms with Crippen molar-refractivity contribution in [3.63, 3.8) is 0 Å². The molecule has 1 aromatic rings. The van der Waals surface area contributed by atoms with E-state index in [1.54, 1.807) is 0 Å². The van der Waals surface area contributed by atoms with Crippen LogP contribution in [0.25, 0.3) is 0 Å². The van der Waals surface area contributed by atoms with Crippen LogP contribution < -0.4 is 4.74 Å². The number of piperazine rings is 1. The van der Waals surface area contributed by atoms with Crippen molar-refractivity contribution in [2.24, 2.45) is 0 Å². The van der Waals surface area contributed by atoms with Crippen molar-refractivity contribution in [1.29, 1.82) is 0 Å². The molecular weight excluding hydrogens is 316 g/mol. The lowest BCUT2D eigenvalue weighted by Crippen LogP contribution is -2.53. The Morgan fingerprint density at radius 2 is 1.88 bits per heavy atom. The van der Waals surface area contributed by atoms with E-state index >= 15 is 0 Å². The van der Waals surface area contributed by atoms with Gasteiger partial charge in [-0.25, -0.2) is 0 Å². The quantitative estimate of drug-likeness (QED) is 0.857. The van der Waals surface area contributed by atoms with Gasteiger partial charge in [-0.05, 0) is 50.3 Å². The van der Waals surface area contributed by atoms with Crippen LogP contribution in [0.1, 0.15) is 38.2 Å². The minimum Gasteiger partial charge on any atom is -0.494 e. The summed E-state index contributed by atoms with van der Waals surface area (Å²) in [6.07, 6.45) is 4.28. The van der Waals surface area contributed by atoms with Crippen molar-refractivity contribution in [2.45, 2.75) is 51.2 Å². The van der Waals surface area contributed by atoms with E-state index in [0.717, 1.165) is 57.6 Å². The average Bonchev–Trinajstić information content (AvgIpc) is 3.07. The Morgan fingerprint density at radius 1 is 1.16 bits per heavy atom. The molecule has 1 aromatic carbocycles. The Hall–Kier alpha value is -1.59. The number of carbonyl (C=O) groups is 1. The molecule has 2 fully saturated rings. The summed E-state index contributed by atoms with van der Waals surface area (Å²) in [7, 11) is 0. The van der Waals surface area contributed by atoms with Crippen molar-refractivity contribution in [1.82, 2.24) is 9.80 Å². The third-order valence-corrected chi connectivity index (χ3v) is 5.44. The van der Waals surface area contributed by atoms with Crippen LogP contribution in [0.2, 0.25) is 0 Å². The molecule has 1 heterocycles. The Morgan fingerprint density at radius 3 is 2.48 bits per heavy atom. The maximum atomic E-state index is 12.5. The van der Waals surface area contributed by atoms with Crippen molar-refractivity contribution in [3.8, 4) is 5.75 Å². The summed E-state index contributed by atoms with van der Waals surface area (Å²) >= 11 is 0. The zero-order valence-corrected chi connectivity index (χ0v) is 15.2. The normalized spacial score (nSPS) is 24.5. The number of benzene rings is 1. The number of ether oxygens (including phenoxy) is 1. The van der Waals surface area contributed by atoms with Crippen LogP contribution in [-0.2, 0) is 11.2 Å². The van der Waals surface area contributed by atoms with E-state index in [1.807, 2.05) is 36.1 Å². The summed E-state index contributed by atoms with van der Waals surface area (Å²) in [4.78, 5) is 16.8. The lowest BCUT2D eigenvalue weighted by Gasteiger charge is -2.39. The average molecular weight is 346 g/mol. The van der Waals surface area contributed by atoms with Gasteiger partial charge in [0, 0.05) is 38.6 Å². The number of nitrogens with zero attached hydrogens (tertiary/aromatic N) is 2. The molecule has 138 valence electrons. The van der Waals surface area contributed by atoms with Crippen LogP contribution in [0.3, 0.4) is 0 Å². The zero-order chi connectivity index (χ0) is 17.6. The second kappa shape index (κ2) is 8.68. The van der Waals surface area contributed by atoms with Gasteiger partial charge in [0.1, 0.15) is 5.75 Å². The third-order valence-electron chi connectivity index (χ3n) is 5.44. The second-order valence-electron chi connectivity index (χ2n) is 7.06. The molecule has 5 heteroatoms. The SMILES string of the molecule is CCOc1ccc(CCC(=O)N2CCN([C@@H]3CCC[C@@H]3O)CC2)cc1. The summed E-state index contributed by atoms with van der Waals surface area (Å²) in [5.41, 5.74) is 1.17. The summed E-state index contributed by atoms with van der Waals surface area (Å²) in [5.74, 6) is 1.11. The molecule has 1 amide bonds. The Labute approximate surface area is 150 Å². The van der Waals surface area contributed by atoms with Gasteiger partial charge in [-0.1, -0.05) is 12.1 Å². The number of aryl methyl sites for hydroxylation is 1. The molecule has 25 heavy (non-hydrogen) atoms. The molecule has 0 radical (unpaired) electrons. The van der Waals surface area contributed by atoms with E-state index in [1.165, 1.54) is 5.56 Å². The third kappa shape index (κ3) is 4.73. The molecule has 1 aliphatic carbocycles. The van der Waals surface area contributed by atoms with Crippen molar-refractivity contribution in [3.05, 3.63) is 29.8 Å². The topological polar surface area (TPSA) is 53.0 Å². The molecule has 1 N–H and O–H groups in total. The molecule has 0 unspecified atom stereocenters. The number of hydrogen-bond acceptors (Lipinski definition) is 4. The molecule has 2 atom stereocenters. The smallest absolute Gasteiger partial charge is 0.222 e. The number of rotatable bonds is 6. The molecule has 2 aliphatic rings. The highest BCUT2D eigenvalue weighted by atomic mass is 16.5. The van der Waals surface area contributed by atoms with Gasteiger partial charge in [0.15, 0.2) is 0 Å². The van der Waals surface area contributed by atoms with Crippen molar-refractivity contribution >= 4 is 5.91 Å². The van der Waals surface area contributed by atoms with Gasteiger partial charge in [-0.2, -0.15) is 0 Å². The summed E-state index contributed by atoms with van der Waals surface area (Å²) < 4.78 is 5.44. The van der Waals surface area contributed by atoms with Crippen LogP contribution in [-0.4, -0.2) is 65.7 Å². The van der Waals surface area contributed by atoms with Crippen LogP contribution >= 0.6 is 0 Å². The second-order valence-corrected chi connectivity index (χ2v) is 7.06. The van der Waals surface area contributed by atoms with E-state index < -0.39 is 0 Å². The number of carbonyl (C=O) groups excluding carboxylic acids is 1. The first-order valence-corrected chi connectivity index (χ1v) is 9.59. The first-order chi connectivity index (χ1) is 12.2. The van der Waals surface area contributed by atoms with Crippen molar-refractivity contribution < 1.29 is 14.6 Å². The fourth-order valence-corrected chi connectivity index (χ4v) is 3.98. The van der Waals surface area contributed by atoms with Crippen LogP contribution in [0.5, 0.6) is 5.75 Å². The Balaban J connectivity index is 1.42. The molecule has 1 saturated carbocycles.